The van der Waals surface area contributed by atoms with Gasteiger partial charge in [-0.25, -0.2) is 4.39 Å². The van der Waals surface area contributed by atoms with E-state index in [0.717, 1.165) is 5.56 Å². The molecule has 16 heavy (non-hydrogen) atoms. The molecular weight excluding hydrogens is 205 g/mol. The van der Waals surface area contributed by atoms with E-state index < -0.39 is 0 Å². The van der Waals surface area contributed by atoms with Crippen LogP contribution in [0.1, 0.15) is 23.6 Å². The number of benzene rings is 1. The van der Waals surface area contributed by atoms with Crippen LogP contribution in [0.15, 0.2) is 24.3 Å². The molecule has 1 aromatic carbocycles. The smallest absolute Gasteiger partial charge is 0.243 e. The number of hydrogen-bond donors (Lipinski definition) is 1. The Morgan fingerprint density at radius 3 is 2.44 bits per heavy atom. The van der Waals surface area contributed by atoms with Crippen molar-refractivity contribution in [2.24, 2.45) is 0 Å². The van der Waals surface area contributed by atoms with Crippen molar-refractivity contribution in [1.29, 1.82) is 0 Å². The number of amides is 1. The van der Waals surface area contributed by atoms with Gasteiger partial charge in [-0.05, 0) is 43.5 Å². The molecule has 0 saturated carbocycles. The second-order valence-electron chi connectivity index (χ2n) is 3.76. The predicted octanol–water partition coefficient (Wildman–Crippen LogP) is 2.63. The summed E-state index contributed by atoms with van der Waals surface area (Å²) in [6.45, 7) is 5.65. The van der Waals surface area contributed by atoms with Crippen LogP contribution in [-0.4, -0.2) is 5.91 Å². The summed E-state index contributed by atoms with van der Waals surface area (Å²) in [5.74, 6) is -0.314. The van der Waals surface area contributed by atoms with E-state index in [9.17, 15) is 9.18 Å². The molecule has 86 valence electrons. The molecule has 0 heterocycles. The first-order chi connectivity index (χ1) is 7.54. The highest BCUT2D eigenvalue weighted by Gasteiger charge is 2.04. The van der Waals surface area contributed by atoms with Crippen LogP contribution in [0.3, 0.4) is 0 Å². The van der Waals surface area contributed by atoms with Gasteiger partial charge in [0.1, 0.15) is 5.82 Å². The maximum Gasteiger partial charge on any atom is 0.243 e. The second-order valence-corrected chi connectivity index (χ2v) is 3.76. The Labute approximate surface area is 95.2 Å². The van der Waals surface area contributed by atoms with Crippen molar-refractivity contribution in [2.75, 3.05) is 0 Å². The molecule has 0 aliphatic rings. The van der Waals surface area contributed by atoms with Gasteiger partial charge in [0.25, 0.3) is 0 Å². The van der Waals surface area contributed by atoms with Crippen LogP contribution in [-0.2, 0) is 11.3 Å². The van der Waals surface area contributed by atoms with Gasteiger partial charge in [-0.3, -0.25) is 4.79 Å². The highest BCUT2D eigenvalue weighted by atomic mass is 19.1. The fourth-order valence-electron chi connectivity index (χ4n) is 1.54. The van der Waals surface area contributed by atoms with E-state index in [1.807, 2.05) is 0 Å². The van der Waals surface area contributed by atoms with Crippen LogP contribution < -0.4 is 5.32 Å². The Balaban J connectivity index is 2.72. The van der Waals surface area contributed by atoms with Gasteiger partial charge in [0.2, 0.25) is 5.91 Å². The number of rotatable bonds is 3. The van der Waals surface area contributed by atoms with Gasteiger partial charge in [0, 0.05) is 6.54 Å². The van der Waals surface area contributed by atoms with E-state index in [1.54, 1.807) is 39.0 Å². The molecule has 1 N–H and O–H groups in total. The van der Waals surface area contributed by atoms with Gasteiger partial charge in [0.05, 0.1) is 0 Å². The third-order valence-corrected chi connectivity index (χ3v) is 2.28. The fourth-order valence-corrected chi connectivity index (χ4v) is 1.54. The predicted molar refractivity (Wildman–Crippen MR) is 62.5 cm³/mol. The summed E-state index contributed by atoms with van der Waals surface area (Å²) in [6.07, 6.45) is 3.14. The number of allylic oxidation sites excluding steroid dienone is 1. The molecule has 0 aromatic heterocycles. The zero-order valence-electron chi connectivity index (χ0n) is 9.80. The van der Waals surface area contributed by atoms with Gasteiger partial charge in [-0.2, -0.15) is 0 Å². The number of carbonyl (C=O) groups is 1. The zero-order chi connectivity index (χ0) is 12.1. The molecule has 0 fully saturated rings. The standard InChI is InChI=1S/C13H16FNO/c1-4-5-12(16)15-8-11-6-9(2)13(14)10(3)7-11/h4-7H,8H2,1-3H3,(H,15,16). The molecule has 0 spiro atoms. The van der Waals surface area contributed by atoms with Crippen LogP contribution in [0, 0.1) is 19.7 Å². The molecule has 0 aliphatic heterocycles. The highest BCUT2D eigenvalue weighted by molar-refractivity contribution is 5.87. The van der Waals surface area contributed by atoms with E-state index in [2.05, 4.69) is 5.32 Å². The number of nitrogens with one attached hydrogen (secondary N) is 1. The monoisotopic (exact) mass is 221 g/mol. The van der Waals surface area contributed by atoms with E-state index >= 15 is 0 Å². The van der Waals surface area contributed by atoms with Crippen LogP contribution in [0.2, 0.25) is 0 Å². The first-order valence-electron chi connectivity index (χ1n) is 5.20. The third-order valence-electron chi connectivity index (χ3n) is 2.28. The minimum absolute atomic E-state index is 0.137. The second kappa shape index (κ2) is 5.45. The Morgan fingerprint density at radius 2 is 1.94 bits per heavy atom. The topological polar surface area (TPSA) is 29.1 Å². The van der Waals surface area contributed by atoms with Crippen molar-refractivity contribution < 1.29 is 9.18 Å². The van der Waals surface area contributed by atoms with Gasteiger partial charge in [0.15, 0.2) is 0 Å². The molecule has 3 heteroatoms. The number of halogens is 1. The quantitative estimate of drug-likeness (QED) is 0.781. The summed E-state index contributed by atoms with van der Waals surface area (Å²) in [7, 11) is 0. The van der Waals surface area contributed by atoms with Crippen LogP contribution in [0.4, 0.5) is 4.39 Å². The Bertz CT molecular complexity index is 401. The lowest BCUT2D eigenvalue weighted by Gasteiger charge is -2.07. The largest absolute Gasteiger partial charge is 0.348 e. The van der Waals surface area contributed by atoms with Crippen molar-refractivity contribution in [2.45, 2.75) is 27.3 Å². The molecular formula is C13H16FNO. The average Bonchev–Trinajstić information content (AvgIpc) is 2.23. The molecule has 1 amide bonds. The molecule has 1 rings (SSSR count). The fraction of sp³-hybridized carbons (Fsp3) is 0.308. The van der Waals surface area contributed by atoms with E-state index in [1.165, 1.54) is 6.08 Å². The van der Waals surface area contributed by atoms with Crippen molar-refractivity contribution in [1.82, 2.24) is 5.32 Å². The SMILES string of the molecule is CC=CC(=O)NCc1cc(C)c(F)c(C)c1. The summed E-state index contributed by atoms with van der Waals surface area (Å²) in [5.41, 5.74) is 2.12. The Hall–Kier alpha value is -1.64. The van der Waals surface area contributed by atoms with Gasteiger partial charge < -0.3 is 5.32 Å². The normalized spacial score (nSPS) is 10.8. The first-order valence-corrected chi connectivity index (χ1v) is 5.20. The van der Waals surface area contributed by atoms with Gasteiger partial charge in [-0.15, -0.1) is 0 Å². The summed E-state index contributed by atoms with van der Waals surface area (Å²) in [6, 6.07) is 3.50. The lowest BCUT2D eigenvalue weighted by Crippen LogP contribution is -2.20. The summed E-state index contributed by atoms with van der Waals surface area (Å²) < 4.78 is 13.3. The van der Waals surface area contributed by atoms with Crippen molar-refractivity contribution in [3.8, 4) is 0 Å². The van der Waals surface area contributed by atoms with Crippen LogP contribution in [0.25, 0.3) is 0 Å². The van der Waals surface area contributed by atoms with Crippen molar-refractivity contribution in [3.05, 3.63) is 46.8 Å². The maximum atomic E-state index is 13.3. The van der Waals surface area contributed by atoms with Crippen molar-refractivity contribution >= 4 is 5.91 Å². The summed E-state index contributed by atoms with van der Waals surface area (Å²) in [5, 5.41) is 2.73. The minimum atomic E-state index is -0.177. The number of hydrogen-bond acceptors (Lipinski definition) is 1. The Kier molecular flexibility index (Phi) is 4.23. The lowest BCUT2D eigenvalue weighted by molar-refractivity contribution is -0.116. The zero-order valence-corrected chi connectivity index (χ0v) is 9.80. The third kappa shape index (κ3) is 3.19. The molecule has 0 unspecified atom stereocenters. The minimum Gasteiger partial charge on any atom is -0.348 e. The van der Waals surface area contributed by atoms with Gasteiger partial charge in [-0.1, -0.05) is 18.2 Å². The molecule has 0 saturated heterocycles. The molecule has 0 atom stereocenters. The van der Waals surface area contributed by atoms with Gasteiger partial charge >= 0.3 is 0 Å². The van der Waals surface area contributed by atoms with E-state index in [0.29, 0.717) is 17.7 Å². The highest BCUT2D eigenvalue weighted by Crippen LogP contribution is 2.14. The first kappa shape index (κ1) is 12.4. The maximum absolute atomic E-state index is 13.3. The number of carbonyl (C=O) groups excluding carboxylic acids is 1. The van der Waals surface area contributed by atoms with E-state index in [-0.39, 0.29) is 11.7 Å². The van der Waals surface area contributed by atoms with Crippen LogP contribution >= 0.6 is 0 Å². The molecule has 0 radical (unpaired) electrons. The molecule has 0 bridgehead atoms. The van der Waals surface area contributed by atoms with E-state index in [4.69, 9.17) is 0 Å². The number of aryl methyl sites for hydroxylation is 2. The molecule has 1 aromatic rings. The van der Waals surface area contributed by atoms with Crippen LogP contribution in [0.5, 0.6) is 0 Å². The molecule has 0 aliphatic carbocycles. The summed E-state index contributed by atoms with van der Waals surface area (Å²) in [4.78, 5) is 11.2. The Morgan fingerprint density at radius 1 is 1.38 bits per heavy atom. The lowest BCUT2D eigenvalue weighted by atomic mass is 10.1. The van der Waals surface area contributed by atoms with Crippen molar-refractivity contribution in [3.63, 3.8) is 0 Å². The molecule has 2 nitrogen and oxygen atoms in total. The average molecular weight is 221 g/mol. The summed E-state index contributed by atoms with van der Waals surface area (Å²) >= 11 is 0.